The monoisotopic (exact) mass is 318 g/mol. The van der Waals surface area contributed by atoms with Crippen LogP contribution in [0.25, 0.3) is 0 Å². The number of hydrogen-bond donors (Lipinski definition) is 1. The third-order valence-electron chi connectivity index (χ3n) is 5.21. The van der Waals surface area contributed by atoms with Gasteiger partial charge in [-0.15, -0.1) is 0 Å². The van der Waals surface area contributed by atoms with E-state index in [1.807, 2.05) is 6.07 Å². The molecule has 23 heavy (non-hydrogen) atoms. The summed E-state index contributed by atoms with van der Waals surface area (Å²) in [6.45, 7) is 4.56. The van der Waals surface area contributed by atoms with Crippen LogP contribution in [0.5, 0.6) is 0 Å². The van der Waals surface area contributed by atoms with E-state index in [4.69, 9.17) is 0 Å². The summed E-state index contributed by atoms with van der Waals surface area (Å²) in [5, 5.41) is 3.12. The van der Waals surface area contributed by atoms with E-state index >= 15 is 0 Å². The molecule has 1 N–H and O–H groups in total. The van der Waals surface area contributed by atoms with Crippen LogP contribution in [0.3, 0.4) is 0 Å². The van der Waals surface area contributed by atoms with Gasteiger partial charge in [0.25, 0.3) is 0 Å². The second-order valence-corrected chi connectivity index (χ2v) is 7.25. The largest absolute Gasteiger partial charge is 0.352 e. The Labute approximate surface area is 138 Å². The maximum atomic E-state index is 13.2. The minimum atomic E-state index is -0.151. The highest BCUT2D eigenvalue weighted by Crippen LogP contribution is 2.32. The molecule has 3 nitrogen and oxygen atoms in total. The summed E-state index contributed by atoms with van der Waals surface area (Å²) in [7, 11) is 0. The predicted molar refractivity (Wildman–Crippen MR) is 89.6 cm³/mol. The zero-order valence-corrected chi connectivity index (χ0v) is 13.9. The van der Waals surface area contributed by atoms with Crippen LogP contribution in [-0.2, 0) is 11.2 Å². The quantitative estimate of drug-likeness (QED) is 0.874. The van der Waals surface area contributed by atoms with E-state index in [1.165, 1.54) is 18.9 Å². The van der Waals surface area contributed by atoms with Crippen LogP contribution in [0, 0.1) is 17.7 Å². The molecule has 1 saturated heterocycles. The average Bonchev–Trinajstić information content (AvgIpc) is 3.34. The fourth-order valence-corrected chi connectivity index (χ4v) is 3.56. The van der Waals surface area contributed by atoms with Gasteiger partial charge in [0.2, 0.25) is 5.91 Å². The van der Waals surface area contributed by atoms with Crippen molar-refractivity contribution in [1.82, 2.24) is 10.2 Å². The van der Waals surface area contributed by atoms with Crippen molar-refractivity contribution >= 4 is 5.91 Å². The molecule has 1 aromatic rings. The molecule has 2 fully saturated rings. The van der Waals surface area contributed by atoms with Crippen molar-refractivity contribution in [3.8, 4) is 0 Å². The zero-order valence-electron chi connectivity index (χ0n) is 13.9. The second kappa shape index (κ2) is 7.43. The minimum Gasteiger partial charge on any atom is -0.352 e. The fraction of sp³-hybridized carbons (Fsp3) is 0.632. The van der Waals surface area contributed by atoms with E-state index in [9.17, 15) is 9.18 Å². The van der Waals surface area contributed by atoms with E-state index in [-0.39, 0.29) is 11.7 Å². The first-order chi connectivity index (χ1) is 11.1. The molecule has 4 heteroatoms. The second-order valence-electron chi connectivity index (χ2n) is 7.25. The number of hydrogen-bond acceptors (Lipinski definition) is 2. The first-order valence-corrected chi connectivity index (χ1v) is 8.86. The van der Waals surface area contributed by atoms with Gasteiger partial charge in [-0.3, -0.25) is 9.69 Å². The Morgan fingerprint density at radius 3 is 2.70 bits per heavy atom. The van der Waals surface area contributed by atoms with Crippen molar-refractivity contribution in [2.24, 2.45) is 11.8 Å². The van der Waals surface area contributed by atoms with Crippen molar-refractivity contribution < 1.29 is 9.18 Å². The van der Waals surface area contributed by atoms with Crippen molar-refractivity contribution in [3.05, 3.63) is 35.6 Å². The van der Waals surface area contributed by atoms with Crippen molar-refractivity contribution in [2.45, 2.75) is 45.1 Å². The van der Waals surface area contributed by atoms with Crippen molar-refractivity contribution in [2.75, 3.05) is 19.6 Å². The summed E-state index contributed by atoms with van der Waals surface area (Å²) in [5.41, 5.74) is 1.08. The molecule has 1 aromatic carbocycles. The van der Waals surface area contributed by atoms with Crippen LogP contribution < -0.4 is 5.32 Å². The fourth-order valence-electron chi connectivity index (χ4n) is 3.56. The summed E-state index contributed by atoms with van der Waals surface area (Å²) in [5.74, 6) is 1.31. The first-order valence-electron chi connectivity index (χ1n) is 8.86. The number of nitrogens with zero attached hydrogens (tertiary/aromatic N) is 1. The Bertz CT molecular complexity index is 536. The average molecular weight is 318 g/mol. The van der Waals surface area contributed by atoms with Gasteiger partial charge in [-0.05, 0) is 81.6 Å². The number of piperidine rings is 1. The molecule has 126 valence electrons. The molecule has 1 aliphatic heterocycles. The Hall–Kier alpha value is -1.42. The number of amides is 1. The standard InChI is InChI=1S/C19H27FN2O/c1-14(17-5-6-17)21-19(23)13-22-9-7-15(8-10-22)11-16-3-2-4-18(20)12-16/h2-4,12,14-15,17H,5-11,13H2,1H3,(H,21,23). The van der Waals surface area contributed by atoms with Gasteiger partial charge < -0.3 is 5.32 Å². The molecule has 1 amide bonds. The van der Waals surface area contributed by atoms with Crippen LogP contribution in [-0.4, -0.2) is 36.5 Å². The number of likely N-dealkylation sites (tertiary alicyclic amines) is 1. The van der Waals surface area contributed by atoms with Gasteiger partial charge in [-0.2, -0.15) is 0 Å². The van der Waals surface area contributed by atoms with Gasteiger partial charge >= 0.3 is 0 Å². The molecule has 1 aliphatic carbocycles. The van der Waals surface area contributed by atoms with E-state index < -0.39 is 0 Å². The van der Waals surface area contributed by atoms with E-state index in [2.05, 4.69) is 17.1 Å². The Kier molecular flexibility index (Phi) is 5.31. The highest BCUT2D eigenvalue weighted by molar-refractivity contribution is 5.78. The van der Waals surface area contributed by atoms with Crippen molar-refractivity contribution in [3.63, 3.8) is 0 Å². The van der Waals surface area contributed by atoms with Gasteiger partial charge in [0.1, 0.15) is 5.82 Å². The lowest BCUT2D eigenvalue weighted by Gasteiger charge is -2.31. The number of benzene rings is 1. The van der Waals surface area contributed by atoms with E-state index in [0.29, 0.717) is 24.4 Å². The Morgan fingerprint density at radius 1 is 1.30 bits per heavy atom. The van der Waals surface area contributed by atoms with Crippen LogP contribution >= 0.6 is 0 Å². The summed E-state index contributed by atoms with van der Waals surface area (Å²) in [6.07, 6.45) is 5.63. The minimum absolute atomic E-state index is 0.151. The molecule has 3 rings (SSSR count). The number of rotatable bonds is 6. The number of carbonyl (C=O) groups is 1. The Balaban J connectivity index is 1.38. The van der Waals surface area contributed by atoms with Crippen LogP contribution in [0.4, 0.5) is 4.39 Å². The zero-order chi connectivity index (χ0) is 16.2. The van der Waals surface area contributed by atoms with Gasteiger partial charge in [0.05, 0.1) is 6.54 Å². The van der Waals surface area contributed by atoms with Gasteiger partial charge in [-0.1, -0.05) is 12.1 Å². The maximum Gasteiger partial charge on any atom is 0.234 e. The topological polar surface area (TPSA) is 32.3 Å². The molecule has 2 aliphatic rings. The summed E-state index contributed by atoms with van der Waals surface area (Å²) in [6, 6.07) is 7.24. The molecule has 0 radical (unpaired) electrons. The van der Waals surface area contributed by atoms with Crippen LogP contribution in [0.15, 0.2) is 24.3 Å². The van der Waals surface area contributed by atoms with E-state index in [0.717, 1.165) is 37.9 Å². The van der Waals surface area contributed by atoms with Crippen molar-refractivity contribution in [1.29, 1.82) is 0 Å². The van der Waals surface area contributed by atoms with Crippen LogP contribution in [0.1, 0.15) is 38.2 Å². The third kappa shape index (κ3) is 5.03. The first kappa shape index (κ1) is 16.4. The van der Waals surface area contributed by atoms with Gasteiger partial charge in [0.15, 0.2) is 0 Å². The normalized spacial score (nSPS) is 21.1. The number of carbonyl (C=O) groups excluding carboxylic acids is 1. The lowest BCUT2D eigenvalue weighted by atomic mass is 9.90. The lowest BCUT2D eigenvalue weighted by Crippen LogP contribution is -2.44. The molecule has 0 spiro atoms. The SMILES string of the molecule is CC(NC(=O)CN1CCC(Cc2cccc(F)c2)CC1)C1CC1. The molecule has 1 saturated carbocycles. The maximum absolute atomic E-state index is 13.2. The summed E-state index contributed by atoms with van der Waals surface area (Å²) < 4.78 is 13.2. The Morgan fingerprint density at radius 2 is 2.04 bits per heavy atom. The lowest BCUT2D eigenvalue weighted by molar-refractivity contribution is -0.123. The molecular formula is C19H27FN2O. The predicted octanol–water partition coefficient (Wildman–Crippen LogP) is 2.99. The third-order valence-corrected chi connectivity index (χ3v) is 5.21. The molecule has 0 bridgehead atoms. The molecule has 0 aromatic heterocycles. The molecule has 1 heterocycles. The molecule has 1 unspecified atom stereocenters. The van der Waals surface area contributed by atoms with Crippen LogP contribution in [0.2, 0.25) is 0 Å². The van der Waals surface area contributed by atoms with Gasteiger partial charge in [0, 0.05) is 6.04 Å². The molecule has 1 atom stereocenters. The van der Waals surface area contributed by atoms with E-state index in [1.54, 1.807) is 12.1 Å². The highest BCUT2D eigenvalue weighted by atomic mass is 19.1. The molecular weight excluding hydrogens is 291 g/mol. The highest BCUT2D eigenvalue weighted by Gasteiger charge is 2.29. The summed E-state index contributed by atoms with van der Waals surface area (Å²) >= 11 is 0. The summed E-state index contributed by atoms with van der Waals surface area (Å²) in [4.78, 5) is 14.3. The van der Waals surface area contributed by atoms with Gasteiger partial charge in [-0.25, -0.2) is 4.39 Å². The number of halogens is 1. The number of nitrogens with one attached hydrogen (secondary N) is 1. The smallest absolute Gasteiger partial charge is 0.234 e.